The number of halogens is 2. The number of hydrogen-bond acceptors (Lipinski definition) is 3. The molecule has 0 saturated carbocycles. The summed E-state index contributed by atoms with van der Waals surface area (Å²) in [7, 11) is 0. The number of nitro groups is 1. The van der Waals surface area contributed by atoms with E-state index in [1.165, 1.54) is 12.1 Å². The SMILES string of the molecule is O=[N+]([O-])c1cc(Cl)c2c(c1)[C@@H]1C=CC[C@@H]1[C@H](c1ccccc1F)N2. The second-order valence-corrected chi connectivity index (χ2v) is 6.55. The van der Waals surface area contributed by atoms with Gasteiger partial charge in [-0.3, -0.25) is 10.1 Å². The van der Waals surface area contributed by atoms with Crippen LogP contribution in [0.25, 0.3) is 0 Å². The van der Waals surface area contributed by atoms with Crippen LogP contribution in [0.5, 0.6) is 0 Å². The summed E-state index contributed by atoms with van der Waals surface area (Å²) in [6.07, 6.45) is 4.88. The van der Waals surface area contributed by atoms with E-state index in [1.807, 2.05) is 18.2 Å². The van der Waals surface area contributed by atoms with Crippen LogP contribution in [-0.2, 0) is 0 Å². The number of fused-ring (bicyclic) bond motifs is 3. The smallest absolute Gasteiger partial charge is 0.271 e. The van der Waals surface area contributed by atoms with Crippen molar-refractivity contribution in [2.75, 3.05) is 5.32 Å². The highest BCUT2D eigenvalue weighted by Crippen LogP contribution is 2.52. The quantitative estimate of drug-likeness (QED) is 0.462. The molecule has 1 N–H and O–H groups in total. The van der Waals surface area contributed by atoms with Gasteiger partial charge in [-0.25, -0.2) is 4.39 Å². The Morgan fingerprint density at radius 1 is 1.25 bits per heavy atom. The van der Waals surface area contributed by atoms with Gasteiger partial charge in [0.2, 0.25) is 0 Å². The van der Waals surface area contributed by atoms with E-state index < -0.39 is 4.92 Å². The van der Waals surface area contributed by atoms with Crippen LogP contribution >= 0.6 is 11.6 Å². The van der Waals surface area contributed by atoms with E-state index in [9.17, 15) is 14.5 Å². The number of anilines is 1. The summed E-state index contributed by atoms with van der Waals surface area (Å²) >= 11 is 6.29. The Labute approximate surface area is 143 Å². The molecule has 1 heterocycles. The first-order valence-electron chi connectivity index (χ1n) is 7.71. The summed E-state index contributed by atoms with van der Waals surface area (Å²) < 4.78 is 14.3. The van der Waals surface area contributed by atoms with E-state index in [1.54, 1.807) is 18.2 Å². The molecule has 1 aliphatic carbocycles. The topological polar surface area (TPSA) is 55.2 Å². The highest BCUT2D eigenvalue weighted by molar-refractivity contribution is 6.33. The van der Waals surface area contributed by atoms with E-state index in [4.69, 9.17) is 11.6 Å². The molecule has 6 heteroatoms. The lowest BCUT2D eigenvalue weighted by Crippen LogP contribution is -2.30. The first-order valence-corrected chi connectivity index (χ1v) is 8.09. The Balaban J connectivity index is 1.85. The third-order valence-electron chi connectivity index (χ3n) is 4.86. The fourth-order valence-corrected chi connectivity index (χ4v) is 4.06. The molecular weight excluding hydrogens is 331 g/mol. The molecule has 0 spiro atoms. The van der Waals surface area contributed by atoms with Crippen LogP contribution in [0, 0.1) is 21.8 Å². The van der Waals surface area contributed by atoms with Gasteiger partial charge in [0.25, 0.3) is 5.69 Å². The van der Waals surface area contributed by atoms with Gasteiger partial charge in [0.15, 0.2) is 0 Å². The molecule has 0 saturated heterocycles. The number of non-ortho nitro benzene ring substituents is 1. The van der Waals surface area contributed by atoms with Crippen molar-refractivity contribution in [3.63, 3.8) is 0 Å². The van der Waals surface area contributed by atoms with Gasteiger partial charge in [0.05, 0.1) is 21.7 Å². The average molecular weight is 345 g/mol. The van der Waals surface area contributed by atoms with Gasteiger partial charge < -0.3 is 5.32 Å². The van der Waals surface area contributed by atoms with E-state index >= 15 is 0 Å². The number of nitrogens with zero attached hydrogens (tertiary/aromatic N) is 1. The van der Waals surface area contributed by atoms with Gasteiger partial charge in [-0.15, -0.1) is 0 Å². The predicted molar refractivity (Wildman–Crippen MR) is 90.9 cm³/mol. The third kappa shape index (κ3) is 2.27. The molecule has 24 heavy (non-hydrogen) atoms. The zero-order chi connectivity index (χ0) is 16.8. The van der Waals surface area contributed by atoms with Crippen molar-refractivity contribution in [1.82, 2.24) is 0 Å². The molecule has 2 aromatic carbocycles. The average Bonchev–Trinajstić information content (AvgIpc) is 3.05. The maximum atomic E-state index is 14.3. The van der Waals surface area contributed by atoms with Crippen LogP contribution in [0.1, 0.15) is 29.5 Å². The molecule has 122 valence electrons. The Morgan fingerprint density at radius 3 is 2.79 bits per heavy atom. The molecule has 0 aromatic heterocycles. The van der Waals surface area contributed by atoms with E-state index in [0.29, 0.717) is 16.3 Å². The molecule has 3 atom stereocenters. The van der Waals surface area contributed by atoms with E-state index in [0.717, 1.165) is 12.0 Å². The number of benzene rings is 2. The van der Waals surface area contributed by atoms with Gasteiger partial charge in [0, 0.05) is 23.6 Å². The largest absolute Gasteiger partial charge is 0.376 e. The van der Waals surface area contributed by atoms with Gasteiger partial charge in [-0.1, -0.05) is 42.0 Å². The van der Waals surface area contributed by atoms with Crippen molar-refractivity contribution in [3.05, 3.63) is 80.6 Å². The van der Waals surface area contributed by atoms with Crippen LogP contribution in [0.3, 0.4) is 0 Å². The van der Waals surface area contributed by atoms with Crippen molar-refractivity contribution in [2.24, 2.45) is 5.92 Å². The van der Waals surface area contributed by atoms with Gasteiger partial charge in [-0.2, -0.15) is 0 Å². The number of nitrogens with one attached hydrogen (secondary N) is 1. The van der Waals surface area contributed by atoms with Crippen molar-refractivity contribution >= 4 is 23.0 Å². The van der Waals surface area contributed by atoms with Crippen LogP contribution in [0.2, 0.25) is 5.02 Å². The summed E-state index contributed by atoms with van der Waals surface area (Å²) in [4.78, 5) is 10.7. The summed E-state index contributed by atoms with van der Waals surface area (Å²) in [6.45, 7) is 0. The maximum Gasteiger partial charge on any atom is 0.271 e. The molecule has 0 fully saturated rings. The minimum absolute atomic E-state index is 0.0109. The number of allylic oxidation sites excluding steroid dienone is 2. The van der Waals surface area contributed by atoms with Gasteiger partial charge in [-0.05, 0) is 24.0 Å². The van der Waals surface area contributed by atoms with Crippen LogP contribution in [0.4, 0.5) is 15.8 Å². The van der Waals surface area contributed by atoms with Crippen molar-refractivity contribution in [2.45, 2.75) is 18.4 Å². The van der Waals surface area contributed by atoms with E-state index in [-0.39, 0.29) is 29.4 Å². The lowest BCUT2D eigenvalue weighted by Gasteiger charge is -2.37. The molecule has 4 nitrogen and oxygen atoms in total. The molecule has 0 amide bonds. The Bertz CT molecular complexity index is 868. The lowest BCUT2D eigenvalue weighted by atomic mass is 9.77. The summed E-state index contributed by atoms with van der Waals surface area (Å²) in [6, 6.07) is 9.37. The molecule has 2 aliphatic rings. The monoisotopic (exact) mass is 344 g/mol. The first-order chi connectivity index (χ1) is 11.6. The fraction of sp³-hybridized carbons (Fsp3) is 0.222. The van der Waals surface area contributed by atoms with Crippen LogP contribution < -0.4 is 5.32 Å². The second-order valence-electron chi connectivity index (χ2n) is 6.15. The van der Waals surface area contributed by atoms with E-state index in [2.05, 4.69) is 5.32 Å². The summed E-state index contributed by atoms with van der Waals surface area (Å²) in [5.74, 6) is -0.169. The van der Waals surface area contributed by atoms with Gasteiger partial charge in [0.1, 0.15) is 5.82 Å². The Hall–Kier alpha value is -2.40. The minimum Gasteiger partial charge on any atom is -0.376 e. The second kappa shape index (κ2) is 5.60. The molecule has 0 unspecified atom stereocenters. The first kappa shape index (κ1) is 15.1. The van der Waals surface area contributed by atoms with Gasteiger partial charge >= 0.3 is 0 Å². The van der Waals surface area contributed by atoms with Crippen molar-refractivity contribution in [3.8, 4) is 0 Å². The third-order valence-corrected chi connectivity index (χ3v) is 5.15. The maximum absolute atomic E-state index is 14.3. The lowest BCUT2D eigenvalue weighted by molar-refractivity contribution is -0.384. The zero-order valence-corrected chi connectivity index (χ0v) is 13.3. The minimum atomic E-state index is -0.442. The highest BCUT2D eigenvalue weighted by Gasteiger charge is 2.40. The number of hydrogen-bond donors (Lipinski definition) is 1. The standard InChI is InChI=1S/C18H14ClFN2O2/c19-15-9-10(22(23)24)8-14-11-5-3-6-12(11)17(21-18(14)15)13-4-1-2-7-16(13)20/h1-5,7-9,11-12,17,21H,6H2/t11-,12+,17-/m1/s1. The molecule has 2 aromatic rings. The Kier molecular flexibility index (Phi) is 3.53. The Morgan fingerprint density at radius 2 is 2.04 bits per heavy atom. The number of nitro benzene ring substituents is 1. The summed E-state index contributed by atoms with van der Waals surface area (Å²) in [5, 5.41) is 14.7. The molecule has 4 rings (SSSR count). The number of rotatable bonds is 2. The van der Waals surface area contributed by atoms with Crippen molar-refractivity contribution < 1.29 is 9.31 Å². The van der Waals surface area contributed by atoms with Crippen LogP contribution in [-0.4, -0.2) is 4.92 Å². The molecule has 0 bridgehead atoms. The predicted octanol–water partition coefficient (Wildman–Crippen LogP) is 5.21. The normalized spacial score (nSPS) is 24.2. The van der Waals surface area contributed by atoms with Crippen LogP contribution in [0.15, 0.2) is 48.6 Å². The molecule has 0 radical (unpaired) electrons. The molecule has 1 aliphatic heterocycles. The fourth-order valence-electron chi connectivity index (χ4n) is 3.78. The molecular formula is C18H14ClFN2O2. The van der Waals surface area contributed by atoms with Crippen molar-refractivity contribution in [1.29, 1.82) is 0 Å². The zero-order valence-electron chi connectivity index (χ0n) is 12.6. The highest BCUT2D eigenvalue weighted by atomic mass is 35.5. The summed E-state index contributed by atoms with van der Waals surface area (Å²) in [5.41, 5.74) is 2.03.